The van der Waals surface area contributed by atoms with Crippen molar-refractivity contribution in [2.75, 3.05) is 0 Å². The second-order valence-corrected chi connectivity index (χ2v) is 19.2. The summed E-state index contributed by atoms with van der Waals surface area (Å²) in [6.45, 7) is 25.8. The average Bonchev–Trinajstić information content (AvgIpc) is 2.46. The Morgan fingerprint density at radius 2 is 1.30 bits per heavy atom. The highest BCUT2D eigenvalue weighted by Gasteiger charge is 2.65. The van der Waals surface area contributed by atoms with Crippen LogP contribution in [0.15, 0.2) is 10.8 Å². The van der Waals surface area contributed by atoms with Crippen molar-refractivity contribution in [3.8, 4) is 0 Å². The summed E-state index contributed by atoms with van der Waals surface area (Å²) in [6, 6.07) is 0. The van der Waals surface area contributed by atoms with Crippen LogP contribution >= 0.6 is 0 Å². The molecule has 1 heterocycles. The maximum absolute atomic E-state index is 12.9. The standard InChI is InChI=1S/C18H36O3Si2/c1-16(2,3)13-14(17(4,5)6)23(18(7,8)9,20-15(13)19)21-22(10,11)12/h1-12H3. The van der Waals surface area contributed by atoms with E-state index in [1.54, 1.807) is 0 Å². The zero-order valence-corrected chi connectivity index (χ0v) is 19.2. The Hall–Kier alpha value is -0.396. The predicted octanol–water partition coefficient (Wildman–Crippen LogP) is 5.57. The Labute approximate surface area is 145 Å². The van der Waals surface area contributed by atoms with E-state index < -0.39 is 16.9 Å². The molecule has 23 heavy (non-hydrogen) atoms. The fraction of sp³-hybridized carbons (Fsp3) is 0.833. The minimum absolute atomic E-state index is 0.159. The lowest BCUT2D eigenvalue weighted by Crippen LogP contribution is -2.58. The second-order valence-electron chi connectivity index (χ2n) is 10.7. The molecule has 1 rings (SSSR count). The third-order valence-electron chi connectivity index (χ3n) is 3.96. The molecule has 1 atom stereocenters. The van der Waals surface area contributed by atoms with Crippen LogP contribution in [0.4, 0.5) is 0 Å². The number of rotatable bonds is 2. The molecule has 1 aliphatic rings. The monoisotopic (exact) mass is 356 g/mol. The van der Waals surface area contributed by atoms with E-state index >= 15 is 0 Å². The van der Waals surface area contributed by atoms with Crippen molar-refractivity contribution in [2.24, 2.45) is 10.8 Å². The molecule has 0 spiro atoms. The van der Waals surface area contributed by atoms with Gasteiger partial charge in [0.1, 0.15) is 0 Å². The Morgan fingerprint density at radius 3 is 1.57 bits per heavy atom. The molecule has 0 aliphatic carbocycles. The summed E-state index contributed by atoms with van der Waals surface area (Å²) in [5, 5.41) is 0.941. The molecular formula is C18H36O3Si2. The first-order valence-electron chi connectivity index (χ1n) is 8.52. The summed E-state index contributed by atoms with van der Waals surface area (Å²) < 4.78 is 13.0. The number of carbonyl (C=O) groups excluding carboxylic acids is 1. The predicted molar refractivity (Wildman–Crippen MR) is 102 cm³/mol. The molecule has 5 heteroatoms. The van der Waals surface area contributed by atoms with Crippen LogP contribution in [0, 0.1) is 10.8 Å². The van der Waals surface area contributed by atoms with Gasteiger partial charge in [0.25, 0.3) is 0 Å². The lowest BCUT2D eigenvalue weighted by Gasteiger charge is -2.45. The largest absolute Gasteiger partial charge is 0.487 e. The van der Waals surface area contributed by atoms with Gasteiger partial charge in [-0.1, -0.05) is 62.3 Å². The number of allylic oxidation sites excluding steroid dienone is 1. The smallest absolute Gasteiger partial charge is 0.428 e. The molecule has 0 saturated heterocycles. The SMILES string of the molecule is CC(C)(C)C1=C(C(C)(C)C)[Si](O[Si](C)(C)C)(C(C)(C)C)OC1=O. The summed E-state index contributed by atoms with van der Waals surface area (Å²) in [4.78, 5) is 12.9. The fourth-order valence-electron chi connectivity index (χ4n) is 3.23. The fourth-order valence-corrected chi connectivity index (χ4v) is 11.8. The summed E-state index contributed by atoms with van der Waals surface area (Å²) in [5.74, 6) is -0.165. The van der Waals surface area contributed by atoms with E-state index in [1.807, 2.05) is 0 Å². The summed E-state index contributed by atoms with van der Waals surface area (Å²) in [5.41, 5.74) is 0.431. The van der Waals surface area contributed by atoms with E-state index in [0.717, 1.165) is 10.8 Å². The van der Waals surface area contributed by atoms with Crippen molar-refractivity contribution < 1.29 is 13.3 Å². The van der Waals surface area contributed by atoms with Gasteiger partial charge in [0.15, 0.2) is 8.32 Å². The van der Waals surface area contributed by atoms with Gasteiger partial charge in [-0.05, 0) is 35.7 Å². The second kappa shape index (κ2) is 5.56. The van der Waals surface area contributed by atoms with Gasteiger partial charge in [0.2, 0.25) is 0 Å². The minimum atomic E-state index is -2.88. The van der Waals surface area contributed by atoms with Crippen LogP contribution in [0.2, 0.25) is 24.7 Å². The lowest BCUT2D eigenvalue weighted by molar-refractivity contribution is -0.132. The molecule has 0 amide bonds. The minimum Gasteiger partial charge on any atom is -0.487 e. The van der Waals surface area contributed by atoms with Gasteiger partial charge in [-0.15, -0.1) is 0 Å². The van der Waals surface area contributed by atoms with Crippen molar-refractivity contribution in [1.82, 2.24) is 0 Å². The third kappa shape index (κ3) is 3.99. The quantitative estimate of drug-likeness (QED) is 0.607. The zero-order chi connectivity index (χ0) is 18.6. The first-order chi connectivity index (χ1) is 9.83. The van der Waals surface area contributed by atoms with E-state index in [9.17, 15) is 4.79 Å². The van der Waals surface area contributed by atoms with Crippen LogP contribution in [0.3, 0.4) is 0 Å². The molecule has 0 saturated carbocycles. The summed E-state index contributed by atoms with van der Waals surface area (Å²) in [7, 11) is -4.77. The van der Waals surface area contributed by atoms with Crippen molar-refractivity contribution in [1.29, 1.82) is 0 Å². The first kappa shape index (κ1) is 20.6. The van der Waals surface area contributed by atoms with Gasteiger partial charge in [-0.25, -0.2) is 4.79 Å². The Kier molecular flexibility index (Phi) is 4.99. The highest BCUT2D eigenvalue weighted by Crippen LogP contribution is 2.56. The molecule has 0 N–H and O–H groups in total. The van der Waals surface area contributed by atoms with Gasteiger partial charge in [0, 0.05) is 10.6 Å². The molecule has 1 unspecified atom stereocenters. The zero-order valence-electron chi connectivity index (χ0n) is 17.2. The van der Waals surface area contributed by atoms with Crippen LogP contribution < -0.4 is 0 Å². The molecule has 0 radical (unpaired) electrons. The Bertz CT molecular complexity index is 522. The van der Waals surface area contributed by atoms with E-state index in [0.29, 0.717) is 0 Å². The molecule has 1 aliphatic heterocycles. The van der Waals surface area contributed by atoms with Gasteiger partial charge in [-0.2, -0.15) is 0 Å². The van der Waals surface area contributed by atoms with Crippen molar-refractivity contribution in [2.45, 2.75) is 87.0 Å². The van der Waals surface area contributed by atoms with Crippen molar-refractivity contribution >= 4 is 22.8 Å². The highest BCUT2D eigenvalue weighted by molar-refractivity contribution is 6.90. The van der Waals surface area contributed by atoms with Gasteiger partial charge in [0.05, 0.1) is 0 Å². The molecule has 0 aromatic carbocycles. The maximum atomic E-state index is 12.9. The molecular weight excluding hydrogens is 320 g/mol. The van der Waals surface area contributed by atoms with Gasteiger partial charge in [-0.3, -0.25) is 0 Å². The maximum Gasteiger partial charge on any atom is 0.428 e. The Morgan fingerprint density at radius 1 is 0.870 bits per heavy atom. The molecule has 0 bridgehead atoms. The molecule has 3 nitrogen and oxygen atoms in total. The molecule has 0 aromatic heterocycles. The Balaban J connectivity index is 3.84. The molecule has 0 aromatic rings. The van der Waals surface area contributed by atoms with E-state index in [2.05, 4.69) is 82.0 Å². The molecule has 134 valence electrons. The van der Waals surface area contributed by atoms with Crippen LogP contribution in [0.5, 0.6) is 0 Å². The summed E-state index contributed by atoms with van der Waals surface area (Å²) in [6.07, 6.45) is 0. The van der Waals surface area contributed by atoms with Gasteiger partial charge >= 0.3 is 14.5 Å². The number of carbonyl (C=O) groups is 1. The normalized spacial score (nSPS) is 24.3. The van der Waals surface area contributed by atoms with Crippen LogP contribution in [-0.4, -0.2) is 22.8 Å². The van der Waals surface area contributed by atoms with Crippen LogP contribution in [0.25, 0.3) is 0 Å². The summed E-state index contributed by atoms with van der Waals surface area (Å²) >= 11 is 0. The third-order valence-corrected chi connectivity index (χ3v) is 11.7. The van der Waals surface area contributed by atoms with E-state index in [1.165, 1.54) is 0 Å². The van der Waals surface area contributed by atoms with Crippen LogP contribution in [-0.2, 0) is 13.3 Å². The van der Waals surface area contributed by atoms with Crippen molar-refractivity contribution in [3.63, 3.8) is 0 Å². The van der Waals surface area contributed by atoms with Gasteiger partial charge < -0.3 is 8.54 Å². The first-order valence-corrected chi connectivity index (χ1v) is 13.7. The van der Waals surface area contributed by atoms with E-state index in [4.69, 9.17) is 8.54 Å². The van der Waals surface area contributed by atoms with Crippen LogP contribution in [0.1, 0.15) is 62.3 Å². The van der Waals surface area contributed by atoms with E-state index in [-0.39, 0.29) is 21.8 Å². The number of hydrogen-bond donors (Lipinski definition) is 0. The topological polar surface area (TPSA) is 35.5 Å². The highest BCUT2D eigenvalue weighted by atomic mass is 28.4. The lowest BCUT2D eigenvalue weighted by atomic mass is 9.81. The van der Waals surface area contributed by atoms with Crippen molar-refractivity contribution in [3.05, 3.63) is 10.8 Å². The molecule has 0 fully saturated rings. The average molecular weight is 357 g/mol. The number of hydrogen-bond acceptors (Lipinski definition) is 3.